The topological polar surface area (TPSA) is 93.5 Å². The number of nitrogens with one attached hydrogen (secondary N) is 2. The van der Waals surface area contributed by atoms with E-state index in [0.29, 0.717) is 12.2 Å². The van der Waals surface area contributed by atoms with Gasteiger partial charge in [0.2, 0.25) is 0 Å². The first-order valence-electron chi connectivity index (χ1n) is 6.81. The van der Waals surface area contributed by atoms with Crippen LogP contribution in [0.2, 0.25) is 0 Å². The van der Waals surface area contributed by atoms with Gasteiger partial charge in [0.15, 0.2) is 0 Å². The molecule has 2 rings (SSSR count). The van der Waals surface area contributed by atoms with Crippen LogP contribution in [0.15, 0.2) is 18.2 Å². The second-order valence-corrected chi connectivity index (χ2v) is 5.16. The van der Waals surface area contributed by atoms with E-state index in [0.717, 1.165) is 19.3 Å². The van der Waals surface area contributed by atoms with Crippen LogP contribution >= 0.6 is 0 Å². The molecular formula is C14H19N3O4. The van der Waals surface area contributed by atoms with Crippen LogP contribution in [-0.4, -0.2) is 37.1 Å². The van der Waals surface area contributed by atoms with E-state index in [9.17, 15) is 14.9 Å². The molecule has 0 atom stereocenters. The van der Waals surface area contributed by atoms with Crippen LogP contribution in [0.3, 0.4) is 0 Å². The molecule has 1 aliphatic carbocycles. The third-order valence-corrected chi connectivity index (χ3v) is 3.98. The Labute approximate surface area is 122 Å². The van der Waals surface area contributed by atoms with Gasteiger partial charge in [-0.05, 0) is 25.3 Å². The van der Waals surface area contributed by atoms with Gasteiger partial charge in [0.05, 0.1) is 16.1 Å². The van der Waals surface area contributed by atoms with E-state index in [2.05, 4.69) is 10.6 Å². The zero-order valence-corrected chi connectivity index (χ0v) is 12.1. The van der Waals surface area contributed by atoms with Crippen molar-refractivity contribution in [3.05, 3.63) is 33.9 Å². The first-order chi connectivity index (χ1) is 10.0. The van der Waals surface area contributed by atoms with Crippen molar-refractivity contribution in [3.63, 3.8) is 0 Å². The van der Waals surface area contributed by atoms with E-state index < -0.39 is 4.92 Å². The third kappa shape index (κ3) is 3.13. The number of ether oxygens (including phenoxy) is 1. The minimum atomic E-state index is -0.515. The highest BCUT2D eigenvalue weighted by Crippen LogP contribution is 2.35. The Hall–Kier alpha value is -2.15. The van der Waals surface area contributed by atoms with Gasteiger partial charge in [-0.25, -0.2) is 0 Å². The largest absolute Gasteiger partial charge is 0.381 e. The number of anilines is 1. The molecule has 1 aromatic carbocycles. The van der Waals surface area contributed by atoms with Crippen LogP contribution in [0.1, 0.15) is 29.6 Å². The molecule has 1 amide bonds. The number of carbonyl (C=O) groups excluding carboxylic acids is 1. The van der Waals surface area contributed by atoms with Crippen molar-refractivity contribution < 1.29 is 14.5 Å². The fourth-order valence-electron chi connectivity index (χ4n) is 2.40. The summed E-state index contributed by atoms with van der Waals surface area (Å²) in [6.07, 6.45) is 3.07. The van der Waals surface area contributed by atoms with Gasteiger partial charge >= 0.3 is 0 Å². The maximum absolute atomic E-state index is 11.9. The first kappa shape index (κ1) is 15.2. The molecule has 7 nitrogen and oxygen atoms in total. The molecule has 1 aromatic rings. The van der Waals surface area contributed by atoms with Gasteiger partial charge in [0, 0.05) is 38.5 Å². The summed E-state index contributed by atoms with van der Waals surface area (Å²) in [6.45, 7) is 0.575. The maximum Gasteiger partial charge on any atom is 0.270 e. The summed E-state index contributed by atoms with van der Waals surface area (Å²) < 4.78 is 5.51. The Kier molecular flexibility index (Phi) is 4.42. The Bertz CT molecular complexity index is 550. The van der Waals surface area contributed by atoms with E-state index >= 15 is 0 Å². The van der Waals surface area contributed by atoms with Gasteiger partial charge in [0.1, 0.15) is 0 Å². The third-order valence-electron chi connectivity index (χ3n) is 3.98. The van der Waals surface area contributed by atoms with Crippen LogP contribution in [0, 0.1) is 10.1 Å². The van der Waals surface area contributed by atoms with Crippen LogP contribution in [0.25, 0.3) is 0 Å². The lowest BCUT2D eigenvalue weighted by Crippen LogP contribution is -2.45. The maximum atomic E-state index is 11.9. The Morgan fingerprint density at radius 3 is 2.67 bits per heavy atom. The van der Waals surface area contributed by atoms with E-state index in [1.807, 2.05) is 0 Å². The van der Waals surface area contributed by atoms with Crippen molar-refractivity contribution in [1.29, 1.82) is 0 Å². The molecular weight excluding hydrogens is 274 g/mol. The number of amides is 1. The average molecular weight is 293 g/mol. The number of nitro groups is 1. The molecule has 1 saturated carbocycles. The summed E-state index contributed by atoms with van der Waals surface area (Å²) in [4.78, 5) is 22.2. The fraction of sp³-hybridized carbons (Fsp3) is 0.500. The molecule has 0 spiro atoms. The quantitative estimate of drug-likeness (QED) is 0.617. The van der Waals surface area contributed by atoms with Crippen LogP contribution in [0.5, 0.6) is 0 Å². The minimum Gasteiger partial charge on any atom is -0.381 e. The highest BCUT2D eigenvalue weighted by Gasteiger charge is 2.37. The Balaban J connectivity index is 2.21. The van der Waals surface area contributed by atoms with Crippen molar-refractivity contribution in [3.8, 4) is 0 Å². The fourth-order valence-corrected chi connectivity index (χ4v) is 2.40. The number of hydrogen-bond acceptors (Lipinski definition) is 5. The van der Waals surface area contributed by atoms with Crippen molar-refractivity contribution in [2.24, 2.45) is 0 Å². The number of hydrogen-bond donors (Lipinski definition) is 2. The number of nitrogens with zero attached hydrogens (tertiary/aromatic N) is 1. The van der Waals surface area contributed by atoms with Gasteiger partial charge in [-0.15, -0.1) is 0 Å². The predicted octanol–water partition coefficient (Wildman–Crippen LogP) is 1.94. The minimum absolute atomic E-state index is 0.107. The van der Waals surface area contributed by atoms with Crippen LogP contribution in [0.4, 0.5) is 11.4 Å². The normalized spacial score (nSPS) is 15.9. The van der Waals surface area contributed by atoms with Crippen LogP contribution < -0.4 is 10.6 Å². The summed E-state index contributed by atoms with van der Waals surface area (Å²) in [6, 6.07) is 4.22. The molecule has 0 radical (unpaired) electrons. The molecule has 1 fully saturated rings. The van der Waals surface area contributed by atoms with E-state index in [4.69, 9.17) is 4.74 Å². The van der Waals surface area contributed by atoms with Crippen LogP contribution in [-0.2, 0) is 4.74 Å². The molecule has 7 heteroatoms. The lowest BCUT2D eigenvalue weighted by molar-refractivity contribution is -0.384. The second-order valence-electron chi connectivity index (χ2n) is 5.16. The molecule has 21 heavy (non-hydrogen) atoms. The summed E-state index contributed by atoms with van der Waals surface area (Å²) in [5.41, 5.74) is 0.534. The molecule has 0 aliphatic heterocycles. The SMILES string of the molecule is CNC(=O)c1cc([N+](=O)[O-])ccc1NCC1(OC)CCC1. The molecule has 0 aromatic heterocycles. The zero-order valence-electron chi connectivity index (χ0n) is 12.1. The zero-order chi connectivity index (χ0) is 15.5. The predicted molar refractivity (Wildman–Crippen MR) is 78.6 cm³/mol. The molecule has 0 heterocycles. The number of rotatable bonds is 6. The monoisotopic (exact) mass is 293 g/mol. The number of nitro benzene ring substituents is 1. The average Bonchev–Trinajstić information content (AvgIpc) is 2.45. The summed E-state index contributed by atoms with van der Waals surface area (Å²) in [5, 5.41) is 16.5. The van der Waals surface area contributed by atoms with Gasteiger partial charge in [-0.2, -0.15) is 0 Å². The van der Waals surface area contributed by atoms with Crippen molar-refractivity contribution >= 4 is 17.3 Å². The number of benzene rings is 1. The molecule has 0 unspecified atom stereocenters. The van der Waals surface area contributed by atoms with E-state index in [-0.39, 0.29) is 22.8 Å². The molecule has 0 bridgehead atoms. The number of methoxy groups -OCH3 is 1. The van der Waals surface area contributed by atoms with E-state index in [1.54, 1.807) is 13.2 Å². The number of carbonyl (C=O) groups is 1. The second kappa shape index (κ2) is 6.09. The van der Waals surface area contributed by atoms with Crippen molar-refractivity contribution in [1.82, 2.24) is 5.32 Å². The van der Waals surface area contributed by atoms with Gasteiger partial charge in [-0.3, -0.25) is 14.9 Å². The van der Waals surface area contributed by atoms with Gasteiger partial charge in [0.25, 0.3) is 11.6 Å². The lowest BCUT2D eigenvalue weighted by atomic mass is 9.80. The number of non-ortho nitro benzene ring substituents is 1. The molecule has 2 N–H and O–H groups in total. The van der Waals surface area contributed by atoms with Gasteiger partial charge in [-0.1, -0.05) is 0 Å². The molecule has 114 valence electrons. The Morgan fingerprint density at radius 2 is 2.19 bits per heavy atom. The Morgan fingerprint density at radius 1 is 1.48 bits per heavy atom. The summed E-state index contributed by atoms with van der Waals surface area (Å²) >= 11 is 0. The first-order valence-corrected chi connectivity index (χ1v) is 6.81. The summed E-state index contributed by atoms with van der Waals surface area (Å²) in [5.74, 6) is -0.360. The molecule has 1 aliphatic rings. The highest BCUT2D eigenvalue weighted by atomic mass is 16.6. The standard InChI is InChI=1S/C14H19N3O4/c1-15-13(18)11-8-10(17(19)20)4-5-12(11)16-9-14(21-2)6-3-7-14/h4-5,8,16H,3,6-7,9H2,1-2H3,(H,15,18). The van der Waals surface area contributed by atoms with Gasteiger partial charge < -0.3 is 15.4 Å². The summed E-state index contributed by atoms with van der Waals surface area (Å²) in [7, 11) is 3.17. The molecule has 0 saturated heterocycles. The highest BCUT2D eigenvalue weighted by molar-refractivity contribution is 6.00. The smallest absolute Gasteiger partial charge is 0.270 e. The van der Waals surface area contributed by atoms with Crippen molar-refractivity contribution in [2.75, 3.05) is 26.0 Å². The van der Waals surface area contributed by atoms with E-state index in [1.165, 1.54) is 19.2 Å². The lowest BCUT2D eigenvalue weighted by Gasteiger charge is -2.40. The van der Waals surface area contributed by atoms with Crippen molar-refractivity contribution in [2.45, 2.75) is 24.9 Å².